The molecule has 1 aliphatic rings. The molecule has 1 atom stereocenters. The van der Waals surface area contributed by atoms with E-state index in [2.05, 4.69) is 10.3 Å². The third kappa shape index (κ3) is 4.63. The van der Waals surface area contributed by atoms with Crippen LogP contribution in [0.15, 0.2) is 6.20 Å². The topological polar surface area (TPSA) is 88.2 Å². The molecule has 0 aromatic carbocycles. The number of aliphatic hydroxyl groups excluding tert-OH is 1. The molecule has 1 aromatic heterocycles. The molecule has 1 aromatic rings. The molecule has 1 unspecified atom stereocenters. The summed E-state index contributed by atoms with van der Waals surface area (Å²) in [7, 11) is 0. The molecule has 0 amide bonds. The Balaban J connectivity index is 1.76. The van der Waals surface area contributed by atoms with Crippen molar-refractivity contribution in [1.29, 1.82) is 0 Å². The fourth-order valence-corrected chi connectivity index (χ4v) is 2.70. The van der Waals surface area contributed by atoms with Gasteiger partial charge in [-0.25, -0.2) is 4.68 Å². The van der Waals surface area contributed by atoms with Crippen LogP contribution in [-0.4, -0.2) is 37.3 Å². The van der Waals surface area contributed by atoms with Crippen molar-refractivity contribution < 1.29 is 15.0 Å². The van der Waals surface area contributed by atoms with Crippen LogP contribution >= 0.6 is 0 Å². The van der Waals surface area contributed by atoms with Gasteiger partial charge in [-0.3, -0.25) is 4.79 Å². The minimum atomic E-state index is -0.837. The van der Waals surface area contributed by atoms with E-state index >= 15 is 0 Å². The zero-order valence-corrected chi connectivity index (χ0v) is 11.0. The number of aliphatic carboxylic acids is 1. The van der Waals surface area contributed by atoms with Crippen LogP contribution in [0, 0.1) is 5.92 Å². The van der Waals surface area contributed by atoms with Gasteiger partial charge in [0.15, 0.2) is 0 Å². The van der Waals surface area contributed by atoms with Crippen LogP contribution in [0.4, 0.5) is 0 Å². The maximum Gasteiger partial charge on any atom is 0.303 e. The van der Waals surface area contributed by atoms with Gasteiger partial charge in [-0.05, 0) is 12.3 Å². The first-order valence-electron chi connectivity index (χ1n) is 6.92. The maximum atomic E-state index is 10.5. The lowest BCUT2D eigenvalue weighted by molar-refractivity contribution is -0.136. The lowest BCUT2D eigenvalue weighted by atomic mass is 10.0. The molecule has 2 N–H and O–H groups in total. The molecule has 6 nitrogen and oxygen atoms in total. The van der Waals surface area contributed by atoms with E-state index in [1.54, 1.807) is 10.9 Å². The summed E-state index contributed by atoms with van der Waals surface area (Å²) in [4.78, 5) is 10.5. The van der Waals surface area contributed by atoms with Crippen molar-refractivity contribution in [1.82, 2.24) is 15.0 Å². The second kappa shape index (κ2) is 6.65. The molecule has 2 rings (SSSR count). The number of aliphatic hydroxyl groups is 1. The number of rotatable bonds is 7. The quantitative estimate of drug-likeness (QED) is 0.776. The number of carbonyl (C=O) groups is 1. The van der Waals surface area contributed by atoms with E-state index in [1.807, 2.05) is 0 Å². The molecule has 0 bridgehead atoms. The van der Waals surface area contributed by atoms with E-state index in [1.165, 1.54) is 25.7 Å². The Hall–Kier alpha value is -1.43. The summed E-state index contributed by atoms with van der Waals surface area (Å²) in [5.41, 5.74) is 0.662. The van der Waals surface area contributed by atoms with E-state index in [4.69, 9.17) is 5.11 Å². The number of nitrogens with zero attached hydrogens (tertiary/aromatic N) is 3. The molecule has 6 heteroatoms. The number of hydrogen-bond acceptors (Lipinski definition) is 4. The highest BCUT2D eigenvalue weighted by Crippen LogP contribution is 2.28. The Morgan fingerprint density at radius 1 is 1.47 bits per heavy atom. The molecular formula is C13H21N3O3. The van der Waals surface area contributed by atoms with E-state index in [0.29, 0.717) is 24.6 Å². The van der Waals surface area contributed by atoms with Gasteiger partial charge in [0.1, 0.15) is 0 Å². The zero-order chi connectivity index (χ0) is 13.7. The summed E-state index contributed by atoms with van der Waals surface area (Å²) in [6.45, 7) is 0.441. The fourth-order valence-electron chi connectivity index (χ4n) is 2.70. The molecule has 1 aliphatic carbocycles. The Bertz CT molecular complexity index is 413. The van der Waals surface area contributed by atoms with Gasteiger partial charge in [0.25, 0.3) is 0 Å². The molecule has 0 saturated heterocycles. The standard InChI is InChI=1S/C13H21N3O3/c17-12(7-10-3-1-2-4-10)9-16-8-11(14-15-16)5-6-13(18)19/h8,10,12,17H,1-7,9H2,(H,18,19). The number of carboxylic acids is 1. The number of hydrogen-bond donors (Lipinski definition) is 2. The van der Waals surface area contributed by atoms with Crippen molar-refractivity contribution in [2.24, 2.45) is 5.92 Å². The van der Waals surface area contributed by atoms with Gasteiger partial charge in [0.05, 0.1) is 24.8 Å². The van der Waals surface area contributed by atoms with Crippen LogP contribution < -0.4 is 0 Å². The van der Waals surface area contributed by atoms with Gasteiger partial charge in [-0.15, -0.1) is 5.10 Å². The van der Waals surface area contributed by atoms with Gasteiger partial charge in [-0.2, -0.15) is 0 Å². The lowest BCUT2D eigenvalue weighted by Gasteiger charge is -2.14. The first kappa shape index (κ1) is 14.0. The molecule has 0 aliphatic heterocycles. The van der Waals surface area contributed by atoms with Crippen molar-refractivity contribution >= 4 is 5.97 Å². The molecule has 106 valence electrons. The minimum absolute atomic E-state index is 0.0589. The van der Waals surface area contributed by atoms with Crippen molar-refractivity contribution in [3.05, 3.63) is 11.9 Å². The van der Waals surface area contributed by atoms with E-state index in [9.17, 15) is 9.90 Å². The van der Waals surface area contributed by atoms with E-state index in [-0.39, 0.29) is 6.42 Å². The average Bonchev–Trinajstić information content (AvgIpc) is 2.98. The van der Waals surface area contributed by atoms with Crippen LogP contribution in [0.5, 0.6) is 0 Å². The number of aryl methyl sites for hydroxylation is 1. The molecular weight excluding hydrogens is 246 g/mol. The zero-order valence-electron chi connectivity index (χ0n) is 11.0. The van der Waals surface area contributed by atoms with Gasteiger partial charge >= 0.3 is 5.97 Å². The predicted molar refractivity (Wildman–Crippen MR) is 68.6 cm³/mol. The average molecular weight is 267 g/mol. The summed E-state index contributed by atoms with van der Waals surface area (Å²) < 4.78 is 1.61. The minimum Gasteiger partial charge on any atom is -0.481 e. The highest BCUT2D eigenvalue weighted by atomic mass is 16.4. The van der Waals surface area contributed by atoms with Crippen molar-refractivity contribution in [3.8, 4) is 0 Å². The summed E-state index contributed by atoms with van der Waals surface area (Å²) in [6.07, 6.45) is 7.59. The van der Waals surface area contributed by atoms with Crippen molar-refractivity contribution in [2.75, 3.05) is 0 Å². The highest BCUT2D eigenvalue weighted by molar-refractivity contribution is 5.66. The largest absolute Gasteiger partial charge is 0.481 e. The fraction of sp³-hybridized carbons (Fsp3) is 0.769. The summed E-state index contributed by atoms with van der Waals surface area (Å²) in [6, 6.07) is 0. The van der Waals surface area contributed by atoms with Gasteiger partial charge in [0, 0.05) is 12.6 Å². The smallest absolute Gasteiger partial charge is 0.303 e. The third-order valence-electron chi connectivity index (χ3n) is 3.66. The predicted octanol–water partition coefficient (Wildman–Crippen LogP) is 1.24. The Morgan fingerprint density at radius 3 is 2.89 bits per heavy atom. The second-order valence-electron chi connectivity index (χ2n) is 5.37. The van der Waals surface area contributed by atoms with Gasteiger partial charge in [0.2, 0.25) is 0 Å². The Labute approximate surface area is 112 Å². The van der Waals surface area contributed by atoms with E-state index in [0.717, 1.165) is 6.42 Å². The molecule has 1 saturated carbocycles. The van der Waals surface area contributed by atoms with Crippen LogP contribution in [0.25, 0.3) is 0 Å². The molecule has 0 spiro atoms. The molecule has 1 fully saturated rings. The molecule has 19 heavy (non-hydrogen) atoms. The number of aromatic nitrogens is 3. The normalized spacial score (nSPS) is 17.7. The summed E-state index contributed by atoms with van der Waals surface area (Å²) in [5.74, 6) is -0.194. The summed E-state index contributed by atoms with van der Waals surface area (Å²) >= 11 is 0. The van der Waals surface area contributed by atoms with Crippen LogP contribution in [0.2, 0.25) is 0 Å². The first-order chi connectivity index (χ1) is 9.13. The van der Waals surface area contributed by atoms with Gasteiger partial charge in [-0.1, -0.05) is 30.9 Å². The SMILES string of the molecule is O=C(O)CCc1cn(CC(O)CC2CCCC2)nn1. The third-order valence-corrected chi connectivity index (χ3v) is 3.66. The van der Waals surface area contributed by atoms with Crippen LogP contribution in [-0.2, 0) is 17.8 Å². The molecule has 1 heterocycles. The van der Waals surface area contributed by atoms with Crippen LogP contribution in [0.1, 0.15) is 44.2 Å². The maximum absolute atomic E-state index is 10.5. The van der Waals surface area contributed by atoms with Crippen LogP contribution in [0.3, 0.4) is 0 Å². The highest BCUT2D eigenvalue weighted by Gasteiger charge is 2.19. The Kier molecular flexibility index (Phi) is 4.90. The van der Waals surface area contributed by atoms with E-state index < -0.39 is 12.1 Å². The summed E-state index contributed by atoms with van der Waals surface area (Å²) in [5, 5.41) is 26.4. The second-order valence-corrected chi connectivity index (χ2v) is 5.37. The molecule has 0 radical (unpaired) electrons. The first-order valence-corrected chi connectivity index (χ1v) is 6.92. The van der Waals surface area contributed by atoms with Crippen molar-refractivity contribution in [2.45, 2.75) is 57.6 Å². The van der Waals surface area contributed by atoms with Gasteiger partial charge < -0.3 is 10.2 Å². The monoisotopic (exact) mass is 267 g/mol. The lowest BCUT2D eigenvalue weighted by Crippen LogP contribution is -2.19. The Morgan fingerprint density at radius 2 is 2.21 bits per heavy atom. The van der Waals surface area contributed by atoms with Crippen molar-refractivity contribution in [3.63, 3.8) is 0 Å². The number of carboxylic acid groups (broad SMARTS) is 1.